The average Bonchev–Trinajstić information content (AvgIpc) is 2.19. The first-order valence-corrected chi connectivity index (χ1v) is 5.19. The molecule has 0 amide bonds. The van der Waals surface area contributed by atoms with Crippen molar-refractivity contribution in [2.24, 2.45) is 5.92 Å². The molecule has 2 heteroatoms. The van der Waals surface area contributed by atoms with Crippen molar-refractivity contribution in [3.63, 3.8) is 0 Å². The van der Waals surface area contributed by atoms with Crippen LogP contribution >= 0.6 is 0 Å². The van der Waals surface area contributed by atoms with Crippen molar-refractivity contribution < 1.29 is 21.1 Å². The van der Waals surface area contributed by atoms with E-state index in [0.29, 0.717) is 0 Å². The van der Waals surface area contributed by atoms with Gasteiger partial charge < -0.3 is 14.9 Å². The Labute approximate surface area is 117 Å². The number of aromatic nitrogens is 1. The third kappa shape index (κ3) is 13.8. The molecule has 0 unspecified atom stereocenters. The van der Waals surface area contributed by atoms with Crippen LogP contribution in [-0.4, -0.2) is 4.98 Å². The van der Waals surface area contributed by atoms with Crippen LogP contribution in [0.5, 0.6) is 0 Å². The van der Waals surface area contributed by atoms with E-state index in [1.807, 2.05) is 32.2 Å². The molecule has 0 aliphatic heterocycles. The average molecular weight is 393 g/mol. The van der Waals surface area contributed by atoms with Gasteiger partial charge in [0.05, 0.1) is 0 Å². The van der Waals surface area contributed by atoms with Gasteiger partial charge in [-0.15, -0.1) is 0 Å². The largest absolute Gasteiger partial charge is 2.00 e. The molecule has 16 heavy (non-hydrogen) atoms. The van der Waals surface area contributed by atoms with Crippen LogP contribution in [0, 0.1) is 20.8 Å². The maximum absolute atomic E-state index is 4.25. The summed E-state index contributed by atoms with van der Waals surface area (Å²) >= 11 is 0. The van der Waals surface area contributed by atoms with Crippen molar-refractivity contribution >= 4 is 0 Å². The smallest absolute Gasteiger partial charge is 0.358 e. The molecule has 0 N–H and O–H groups in total. The normalized spacial score (nSPS) is 7.56. The minimum absolute atomic E-state index is 0. The number of pyridine rings is 1. The molecule has 1 aromatic heterocycles. The van der Waals surface area contributed by atoms with E-state index in [-0.39, 0.29) is 35.9 Å². The summed E-state index contributed by atoms with van der Waals surface area (Å²) in [5, 5.41) is 0. The van der Waals surface area contributed by atoms with E-state index in [0.717, 1.165) is 12.3 Å². The van der Waals surface area contributed by atoms with E-state index >= 15 is 0 Å². The topological polar surface area (TPSA) is 12.9 Å². The van der Waals surface area contributed by atoms with Crippen molar-refractivity contribution in [3.8, 4) is 0 Å². The Morgan fingerprint density at radius 1 is 1.12 bits per heavy atom. The molecule has 1 nitrogen and oxygen atoms in total. The minimum atomic E-state index is 0. The van der Waals surface area contributed by atoms with Gasteiger partial charge in [-0.05, 0) is 30.9 Å². The quantitative estimate of drug-likeness (QED) is 0.685. The molecule has 0 spiro atoms. The molecule has 1 heterocycles. The molecule has 0 aliphatic carbocycles. The molecule has 0 bridgehead atoms. The summed E-state index contributed by atoms with van der Waals surface area (Å²) in [6.45, 7) is 8.48. The zero-order valence-electron chi connectivity index (χ0n) is 11.7. The van der Waals surface area contributed by atoms with Gasteiger partial charge in [-0.2, -0.15) is 0 Å². The van der Waals surface area contributed by atoms with Crippen LogP contribution in [0.4, 0.5) is 0 Å². The zero-order valence-corrected chi connectivity index (χ0v) is 14.6. The summed E-state index contributed by atoms with van der Waals surface area (Å²) < 4.78 is 0. The van der Waals surface area contributed by atoms with Crippen LogP contribution in [-0.2, 0) is 27.5 Å². The second kappa shape index (κ2) is 17.2. The van der Waals surface area contributed by atoms with Gasteiger partial charge in [0.2, 0.25) is 0 Å². The Bertz CT molecular complexity index is 197. The molecule has 0 aromatic carbocycles. The third-order valence-electron chi connectivity index (χ3n) is 1.70. The van der Waals surface area contributed by atoms with Crippen molar-refractivity contribution in [2.45, 2.75) is 40.5 Å². The van der Waals surface area contributed by atoms with Gasteiger partial charge in [0, 0.05) is 11.9 Å². The molecule has 0 aliphatic rings. The van der Waals surface area contributed by atoms with Gasteiger partial charge >= 0.3 is 21.1 Å². The molecule has 1 aromatic rings. The first kappa shape index (κ1) is 24.9. The number of hydrogen-bond donors (Lipinski definition) is 0. The van der Waals surface area contributed by atoms with Gasteiger partial charge in [-0.1, -0.05) is 33.8 Å². The van der Waals surface area contributed by atoms with Gasteiger partial charge in [-0.25, -0.2) is 0 Å². The first-order valence-electron chi connectivity index (χ1n) is 5.19. The fourth-order valence-electron chi connectivity index (χ4n) is 0.983. The maximum Gasteiger partial charge on any atom is 2.00 e. The SMILES string of the molecule is CC.CC(C)CCc1ccccn1.[CH3-].[CH3-].[W+2]. The minimum Gasteiger partial charge on any atom is -0.358 e. The molecule has 1 rings (SSSR count). The number of hydrogen-bond acceptors (Lipinski definition) is 1. The van der Waals surface area contributed by atoms with Crippen molar-refractivity contribution in [3.05, 3.63) is 44.9 Å². The van der Waals surface area contributed by atoms with Gasteiger partial charge in [-0.3, -0.25) is 4.98 Å². The van der Waals surface area contributed by atoms with E-state index in [9.17, 15) is 0 Å². The molecular formula is C14H27NW. The fourth-order valence-corrected chi connectivity index (χ4v) is 0.983. The summed E-state index contributed by atoms with van der Waals surface area (Å²) in [5.74, 6) is 0.775. The van der Waals surface area contributed by atoms with Crippen molar-refractivity contribution in [2.75, 3.05) is 0 Å². The Morgan fingerprint density at radius 3 is 2.06 bits per heavy atom. The Balaban J connectivity index is -0.000000136. The molecule has 0 atom stereocenters. The maximum atomic E-state index is 4.25. The summed E-state index contributed by atoms with van der Waals surface area (Å²) in [5.41, 5.74) is 1.21. The first-order chi connectivity index (χ1) is 6.29. The predicted molar refractivity (Wildman–Crippen MR) is 71.6 cm³/mol. The van der Waals surface area contributed by atoms with Crippen LogP contribution in [0.15, 0.2) is 24.4 Å². The fraction of sp³-hybridized carbons (Fsp3) is 0.500. The van der Waals surface area contributed by atoms with E-state index < -0.39 is 0 Å². The second-order valence-corrected chi connectivity index (χ2v) is 3.25. The Hall–Kier alpha value is -0.162. The molecule has 94 valence electrons. The standard InChI is InChI=1S/C10H15N.C2H6.2CH3.W/c1-9(2)6-7-10-5-3-4-8-11-10;1-2;;;/h3-5,8-9H,6-7H2,1-2H3;1-2H3;2*1H3;/q;;2*-1;+2. The zero-order chi connectivity index (χ0) is 10.1. The van der Waals surface area contributed by atoms with Crippen molar-refractivity contribution in [1.82, 2.24) is 4.98 Å². The Morgan fingerprint density at radius 2 is 1.69 bits per heavy atom. The molecule has 0 saturated heterocycles. The van der Waals surface area contributed by atoms with E-state index in [1.54, 1.807) is 0 Å². The Kier molecular flexibility index (Phi) is 26.8. The van der Waals surface area contributed by atoms with Crippen LogP contribution in [0.3, 0.4) is 0 Å². The number of rotatable bonds is 3. The number of nitrogens with zero attached hydrogens (tertiary/aromatic N) is 1. The molecule has 0 saturated carbocycles. The predicted octanol–water partition coefficient (Wildman–Crippen LogP) is 4.59. The van der Waals surface area contributed by atoms with Gasteiger partial charge in [0.25, 0.3) is 0 Å². The monoisotopic (exact) mass is 393 g/mol. The summed E-state index contributed by atoms with van der Waals surface area (Å²) in [6.07, 6.45) is 4.20. The van der Waals surface area contributed by atoms with Crippen LogP contribution in [0.25, 0.3) is 0 Å². The third-order valence-corrected chi connectivity index (χ3v) is 1.70. The summed E-state index contributed by atoms with van der Waals surface area (Å²) in [4.78, 5) is 4.25. The number of aryl methyl sites for hydroxylation is 1. The molecule has 0 fully saturated rings. The van der Waals surface area contributed by atoms with E-state index in [4.69, 9.17) is 0 Å². The van der Waals surface area contributed by atoms with Crippen molar-refractivity contribution in [1.29, 1.82) is 0 Å². The van der Waals surface area contributed by atoms with E-state index in [1.165, 1.54) is 12.1 Å². The van der Waals surface area contributed by atoms with Crippen LogP contribution in [0.1, 0.15) is 39.8 Å². The van der Waals surface area contributed by atoms with Crippen LogP contribution < -0.4 is 0 Å². The van der Waals surface area contributed by atoms with Gasteiger partial charge in [0.1, 0.15) is 0 Å². The van der Waals surface area contributed by atoms with E-state index in [2.05, 4.69) is 24.9 Å². The van der Waals surface area contributed by atoms with Crippen LogP contribution in [0.2, 0.25) is 0 Å². The summed E-state index contributed by atoms with van der Waals surface area (Å²) in [7, 11) is 0. The molecular weight excluding hydrogens is 366 g/mol. The molecule has 0 radical (unpaired) electrons. The summed E-state index contributed by atoms with van der Waals surface area (Å²) in [6, 6.07) is 6.09. The second-order valence-electron chi connectivity index (χ2n) is 3.25. The van der Waals surface area contributed by atoms with Gasteiger partial charge in [0.15, 0.2) is 0 Å².